The summed E-state index contributed by atoms with van der Waals surface area (Å²) in [5, 5.41) is 0. The van der Waals surface area contributed by atoms with Gasteiger partial charge in [-0.3, -0.25) is 4.79 Å². The van der Waals surface area contributed by atoms with Gasteiger partial charge in [-0.15, -0.1) is 0 Å². The molecule has 2 aliphatic heterocycles. The lowest BCUT2D eigenvalue weighted by atomic mass is 10.0. The van der Waals surface area contributed by atoms with Crippen LogP contribution in [0.1, 0.15) is 33.3 Å². The van der Waals surface area contributed by atoms with Gasteiger partial charge in [0, 0.05) is 25.8 Å². The van der Waals surface area contributed by atoms with Gasteiger partial charge >= 0.3 is 12.3 Å². The van der Waals surface area contributed by atoms with Gasteiger partial charge in [0.1, 0.15) is 11.6 Å². The van der Waals surface area contributed by atoms with Gasteiger partial charge in [-0.05, 0) is 33.8 Å². The van der Waals surface area contributed by atoms with E-state index in [1.54, 1.807) is 32.6 Å². The third-order valence-electron chi connectivity index (χ3n) is 4.64. The average Bonchev–Trinajstić information content (AvgIpc) is 2.59. The molecule has 1 atom stereocenters. The van der Waals surface area contributed by atoms with E-state index in [9.17, 15) is 22.8 Å². The number of piperazine rings is 1. The van der Waals surface area contributed by atoms with Crippen LogP contribution < -0.4 is 9.80 Å². The smallest absolute Gasteiger partial charge is 0.417 e. The standard InChI is InChI=1S/C18H23F3N4O3/c1-5-24-12-8-11(18(19,20)21)9-22-14(12)25-7-6-23(10-13(25)15(24)26)16(27)28-17(2,3)4/h8-9,13H,5-7,10H2,1-4H3. The number of alkyl halides is 3. The van der Waals surface area contributed by atoms with E-state index in [2.05, 4.69) is 4.98 Å². The van der Waals surface area contributed by atoms with E-state index in [0.717, 1.165) is 12.3 Å². The highest BCUT2D eigenvalue weighted by Crippen LogP contribution is 2.39. The summed E-state index contributed by atoms with van der Waals surface area (Å²) in [6.07, 6.45) is -4.29. The molecule has 10 heteroatoms. The van der Waals surface area contributed by atoms with Crippen LogP contribution in [0.25, 0.3) is 0 Å². The van der Waals surface area contributed by atoms with Crippen molar-refractivity contribution in [2.24, 2.45) is 0 Å². The Morgan fingerprint density at radius 2 is 1.96 bits per heavy atom. The Bertz CT molecular complexity index is 791. The lowest BCUT2D eigenvalue weighted by Crippen LogP contribution is -2.64. The Balaban J connectivity index is 1.91. The molecule has 3 rings (SSSR count). The van der Waals surface area contributed by atoms with E-state index in [1.807, 2.05) is 0 Å². The van der Waals surface area contributed by atoms with Crippen LogP contribution in [0, 0.1) is 0 Å². The first kappa shape index (κ1) is 20.2. The highest BCUT2D eigenvalue weighted by atomic mass is 19.4. The molecule has 0 radical (unpaired) electrons. The van der Waals surface area contributed by atoms with E-state index < -0.39 is 29.5 Å². The van der Waals surface area contributed by atoms with E-state index in [1.165, 1.54) is 9.80 Å². The average molecular weight is 400 g/mol. The maximum atomic E-state index is 13.1. The molecule has 0 saturated carbocycles. The minimum atomic E-state index is -4.54. The molecule has 154 valence electrons. The summed E-state index contributed by atoms with van der Waals surface area (Å²) < 4.78 is 44.6. The van der Waals surface area contributed by atoms with Gasteiger partial charge < -0.3 is 19.4 Å². The number of nitrogens with zero attached hydrogens (tertiary/aromatic N) is 4. The summed E-state index contributed by atoms with van der Waals surface area (Å²) in [6, 6.07) is 0.248. The van der Waals surface area contributed by atoms with Gasteiger partial charge in [0.25, 0.3) is 5.91 Å². The number of anilines is 2. The second-order valence-electron chi connectivity index (χ2n) is 7.78. The summed E-state index contributed by atoms with van der Waals surface area (Å²) in [5.41, 5.74) is -1.42. The number of hydrogen-bond acceptors (Lipinski definition) is 5. The fraction of sp³-hybridized carbons (Fsp3) is 0.611. The number of ether oxygens (including phenoxy) is 1. The van der Waals surface area contributed by atoms with E-state index in [-0.39, 0.29) is 37.8 Å². The number of pyridine rings is 1. The Kier molecular flexibility index (Phi) is 4.93. The van der Waals surface area contributed by atoms with Crippen LogP contribution in [0.15, 0.2) is 12.3 Å². The van der Waals surface area contributed by atoms with Gasteiger partial charge in [0.2, 0.25) is 0 Å². The van der Waals surface area contributed by atoms with Crippen LogP contribution in [0.2, 0.25) is 0 Å². The molecule has 0 bridgehead atoms. The molecule has 1 aromatic rings. The molecule has 0 spiro atoms. The number of carbonyl (C=O) groups is 2. The number of hydrogen-bond donors (Lipinski definition) is 0. The maximum absolute atomic E-state index is 13.1. The van der Waals surface area contributed by atoms with Crippen molar-refractivity contribution >= 4 is 23.5 Å². The molecule has 1 aromatic heterocycles. The van der Waals surface area contributed by atoms with Gasteiger partial charge in [-0.1, -0.05) is 0 Å². The predicted octanol–water partition coefficient (Wildman–Crippen LogP) is 2.89. The Labute approximate surface area is 161 Å². The molecule has 2 aliphatic rings. The molecule has 7 nitrogen and oxygen atoms in total. The van der Waals surface area contributed by atoms with Crippen molar-refractivity contribution in [3.63, 3.8) is 0 Å². The fourth-order valence-corrected chi connectivity index (χ4v) is 3.39. The van der Waals surface area contributed by atoms with Crippen LogP contribution in [0.3, 0.4) is 0 Å². The fourth-order valence-electron chi connectivity index (χ4n) is 3.39. The lowest BCUT2D eigenvalue weighted by molar-refractivity contribution is -0.138. The van der Waals surface area contributed by atoms with Crippen LogP contribution in [-0.2, 0) is 15.7 Å². The van der Waals surface area contributed by atoms with E-state index in [0.29, 0.717) is 5.82 Å². The zero-order valence-corrected chi connectivity index (χ0v) is 16.2. The summed E-state index contributed by atoms with van der Waals surface area (Å²) in [4.78, 5) is 33.8. The minimum absolute atomic E-state index is 0.0897. The first-order chi connectivity index (χ1) is 12.9. The predicted molar refractivity (Wildman–Crippen MR) is 96.2 cm³/mol. The zero-order valence-electron chi connectivity index (χ0n) is 16.2. The minimum Gasteiger partial charge on any atom is -0.444 e. The Morgan fingerprint density at radius 1 is 1.29 bits per heavy atom. The van der Waals surface area contributed by atoms with Crippen LogP contribution >= 0.6 is 0 Å². The number of rotatable bonds is 1. The van der Waals surface area contributed by atoms with Gasteiger partial charge in [-0.2, -0.15) is 13.2 Å². The second kappa shape index (κ2) is 6.82. The molecule has 28 heavy (non-hydrogen) atoms. The van der Waals surface area contributed by atoms with Crippen molar-refractivity contribution in [2.75, 3.05) is 36.0 Å². The third kappa shape index (κ3) is 3.72. The molecule has 3 heterocycles. The van der Waals surface area contributed by atoms with Crippen molar-refractivity contribution in [2.45, 2.75) is 45.5 Å². The first-order valence-corrected chi connectivity index (χ1v) is 9.05. The maximum Gasteiger partial charge on any atom is 0.417 e. The summed E-state index contributed by atoms with van der Waals surface area (Å²) >= 11 is 0. The van der Waals surface area contributed by atoms with Crippen LogP contribution in [0.4, 0.5) is 29.5 Å². The van der Waals surface area contributed by atoms with Crippen molar-refractivity contribution in [3.05, 3.63) is 17.8 Å². The van der Waals surface area contributed by atoms with Crippen molar-refractivity contribution in [1.29, 1.82) is 0 Å². The third-order valence-corrected chi connectivity index (χ3v) is 4.64. The monoisotopic (exact) mass is 400 g/mol. The topological polar surface area (TPSA) is 66.0 Å². The number of carbonyl (C=O) groups excluding carboxylic acids is 2. The van der Waals surface area contributed by atoms with Gasteiger partial charge in [-0.25, -0.2) is 9.78 Å². The molecular weight excluding hydrogens is 377 g/mol. The first-order valence-electron chi connectivity index (χ1n) is 9.05. The highest BCUT2D eigenvalue weighted by molar-refractivity contribution is 6.05. The van der Waals surface area contributed by atoms with E-state index in [4.69, 9.17) is 4.74 Å². The Morgan fingerprint density at radius 3 is 2.54 bits per heavy atom. The van der Waals surface area contributed by atoms with Gasteiger partial charge in [0.05, 0.1) is 17.8 Å². The Hall–Kier alpha value is -2.52. The van der Waals surface area contributed by atoms with Crippen molar-refractivity contribution in [1.82, 2.24) is 9.88 Å². The summed E-state index contributed by atoms with van der Waals surface area (Å²) in [6.45, 7) is 7.80. The molecule has 1 fully saturated rings. The number of fused-ring (bicyclic) bond motifs is 3. The zero-order chi connectivity index (χ0) is 20.9. The van der Waals surface area contributed by atoms with Crippen molar-refractivity contribution < 1.29 is 27.5 Å². The molecule has 0 aromatic carbocycles. The highest BCUT2D eigenvalue weighted by Gasteiger charge is 2.44. The van der Waals surface area contributed by atoms with Gasteiger partial charge in [0.15, 0.2) is 5.82 Å². The number of halogens is 3. The number of likely N-dealkylation sites (N-methyl/N-ethyl adjacent to an activating group) is 1. The van der Waals surface area contributed by atoms with Crippen molar-refractivity contribution in [3.8, 4) is 0 Å². The van der Waals surface area contributed by atoms with Crippen LogP contribution in [-0.4, -0.2) is 59.7 Å². The summed E-state index contributed by atoms with van der Waals surface area (Å²) in [5.74, 6) is -0.0346. The summed E-state index contributed by atoms with van der Waals surface area (Å²) in [7, 11) is 0. The lowest BCUT2D eigenvalue weighted by Gasteiger charge is -2.47. The van der Waals surface area contributed by atoms with E-state index >= 15 is 0 Å². The molecule has 1 saturated heterocycles. The van der Waals surface area contributed by atoms with Crippen LogP contribution in [0.5, 0.6) is 0 Å². The molecule has 0 N–H and O–H groups in total. The SMILES string of the molecule is CCN1C(=O)C2CN(C(=O)OC(C)(C)C)CCN2c2ncc(C(F)(F)F)cc21. The molecule has 2 amide bonds. The second-order valence-corrected chi connectivity index (χ2v) is 7.78. The quantitative estimate of drug-likeness (QED) is 0.725. The number of aromatic nitrogens is 1. The molecule has 1 unspecified atom stereocenters. The number of amides is 2. The normalized spacial score (nSPS) is 20.0. The molecule has 0 aliphatic carbocycles. The molecular formula is C18H23F3N4O3. The largest absolute Gasteiger partial charge is 0.444 e.